The molecule has 0 aliphatic heterocycles. The number of hydrogen-bond donors (Lipinski definition) is 3. The van der Waals surface area contributed by atoms with Crippen molar-refractivity contribution in [3.05, 3.63) is 59.9 Å². The standard InChI is InChI=1S/C19H18ClN5O3/c1-27-13-8-14(18(20)15(9-13)28-2)24-19(26)25-17-10-16(21-11-22-17)23-12-6-4-3-5-7-12/h3-11H,1-2H3,(H3,21,22,23,24,25,26). The van der Waals surface area contributed by atoms with Gasteiger partial charge >= 0.3 is 6.03 Å². The third-order valence-corrected chi connectivity index (χ3v) is 4.06. The van der Waals surface area contributed by atoms with Crippen LogP contribution in [0.3, 0.4) is 0 Å². The molecule has 3 N–H and O–H groups in total. The minimum Gasteiger partial charge on any atom is -0.497 e. The molecule has 0 saturated heterocycles. The number of nitrogens with one attached hydrogen (secondary N) is 3. The first-order valence-corrected chi connectivity index (χ1v) is 8.60. The fraction of sp³-hybridized carbons (Fsp3) is 0.105. The normalized spacial score (nSPS) is 10.1. The van der Waals surface area contributed by atoms with E-state index in [-0.39, 0.29) is 5.02 Å². The van der Waals surface area contributed by atoms with Crippen molar-refractivity contribution in [3.8, 4) is 11.5 Å². The van der Waals surface area contributed by atoms with Crippen molar-refractivity contribution >= 4 is 40.6 Å². The molecular weight excluding hydrogens is 382 g/mol. The average Bonchev–Trinajstić information content (AvgIpc) is 2.70. The third kappa shape index (κ3) is 4.80. The zero-order valence-corrected chi connectivity index (χ0v) is 15.9. The summed E-state index contributed by atoms with van der Waals surface area (Å²) >= 11 is 6.24. The van der Waals surface area contributed by atoms with Crippen LogP contribution in [0.2, 0.25) is 5.02 Å². The highest BCUT2D eigenvalue weighted by atomic mass is 35.5. The molecule has 0 aliphatic carbocycles. The smallest absolute Gasteiger partial charge is 0.324 e. The molecule has 8 nitrogen and oxygen atoms in total. The van der Waals surface area contributed by atoms with Gasteiger partial charge in [0.05, 0.1) is 19.9 Å². The molecule has 2 amide bonds. The second-order valence-corrected chi connectivity index (χ2v) is 5.93. The predicted octanol–water partition coefficient (Wildman–Crippen LogP) is 4.53. The van der Waals surface area contributed by atoms with Gasteiger partial charge in [0.15, 0.2) is 0 Å². The molecule has 0 spiro atoms. The van der Waals surface area contributed by atoms with E-state index >= 15 is 0 Å². The fourth-order valence-corrected chi connectivity index (χ4v) is 2.60. The van der Waals surface area contributed by atoms with Gasteiger partial charge in [0.1, 0.15) is 34.5 Å². The number of benzene rings is 2. The summed E-state index contributed by atoms with van der Waals surface area (Å²) in [4.78, 5) is 20.5. The van der Waals surface area contributed by atoms with Crippen molar-refractivity contribution < 1.29 is 14.3 Å². The van der Waals surface area contributed by atoms with Gasteiger partial charge in [-0.2, -0.15) is 0 Å². The molecule has 144 valence electrons. The number of carbonyl (C=O) groups is 1. The summed E-state index contributed by atoms with van der Waals surface area (Å²) in [5, 5.41) is 8.68. The van der Waals surface area contributed by atoms with Gasteiger partial charge in [-0.15, -0.1) is 0 Å². The van der Waals surface area contributed by atoms with E-state index in [1.165, 1.54) is 20.5 Å². The summed E-state index contributed by atoms with van der Waals surface area (Å²) in [6.07, 6.45) is 1.35. The highest BCUT2D eigenvalue weighted by molar-refractivity contribution is 6.35. The lowest BCUT2D eigenvalue weighted by Gasteiger charge is -2.13. The summed E-state index contributed by atoms with van der Waals surface area (Å²) < 4.78 is 10.4. The number of aromatic nitrogens is 2. The molecule has 0 bridgehead atoms. The number of carbonyl (C=O) groups excluding carboxylic acids is 1. The molecule has 3 aromatic rings. The Bertz CT molecular complexity index is 969. The first-order chi connectivity index (χ1) is 13.6. The van der Waals surface area contributed by atoms with Crippen molar-refractivity contribution in [2.75, 3.05) is 30.2 Å². The summed E-state index contributed by atoms with van der Waals surface area (Å²) in [5.74, 6) is 1.73. The number of nitrogens with zero attached hydrogens (tertiary/aromatic N) is 2. The number of methoxy groups -OCH3 is 2. The van der Waals surface area contributed by atoms with Gasteiger partial charge in [-0.3, -0.25) is 5.32 Å². The Morgan fingerprint density at radius 2 is 1.71 bits per heavy atom. The number of hydrogen-bond acceptors (Lipinski definition) is 6. The minimum absolute atomic E-state index is 0.257. The van der Waals surface area contributed by atoms with Gasteiger partial charge in [-0.05, 0) is 12.1 Å². The van der Waals surface area contributed by atoms with Crippen LogP contribution < -0.4 is 25.4 Å². The van der Waals surface area contributed by atoms with E-state index in [4.69, 9.17) is 21.1 Å². The monoisotopic (exact) mass is 399 g/mol. The molecule has 3 rings (SSSR count). The van der Waals surface area contributed by atoms with Crippen molar-refractivity contribution in [3.63, 3.8) is 0 Å². The van der Waals surface area contributed by atoms with Crippen molar-refractivity contribution in [1.29, 1.82) is 0 Å². The van der Waals surface area contributed by atoms with Crippen molar-refractivity contribution in [2.24, 2.45) is 0 Å². The number of ether oxygens (including phenoxy) is 2. The highest BCUT2D eigenvalue weighted by Gasteiger charge is 2.13. The zero-order chi connectivity index (χ0) is 19.9. The fourth-order valence-electron chi connectivity index (χ4n) is 2.36. The molecule has 0 saturated carbocycles. The Morgan fingerprint density at radius 3 is 2.43 bits per heavy atom. The van der Waals surface area contributed by atoms with Crippen LogP contribution in [0.25, 0.3) is 0 Å². The first-order valence-electron chi connectivity index (χ1n) is 8.22. The molecule has 9 heteroatoms. The van der Waals surface area contributed by atoms with Crippen molar-refractivity contribution in [2.45, 2.75) is 0 Å². The molecule has 2 aromatic carbocycles. The Hall–Kier alpha value is -3.52. The van der Waals surface area contributed by atoms with Gasteiger partial charge in [0.2, 0.25) is 0 Å². The number of halogens is 1. The highest BCUT2D eigenvalue weighted by Crippen LogP contribution is 2.36. The van der Waals surface area contributed by atoms with Crippen LogP contribution in [0.15, 0.2) is 54.9 Å². The molecule has 0 atom stereocenters. The van der Waals surface area contributed by atoms with Crippen LogP contribution in [-0.4, -0.2) is 30.2 Å². The Balaban J connectivity index is 1.71. The van der Waals surface area contributed by atoms with E-state index in [9.17, 15) is 4.79 Å². The minimum atomic E-state index is -0.526. The van der Waals surface area contributed by atoms with Crippen LogP contribution in [0, 0.1) is 0 Å². The van der Waals surface area contributed by atoms with Crippen molar-refractivity contribution in [1.82, 2.24) is 9.97 Å². The summed E-state index contributed by atoms with van der Waals surface area (Å²) in [6.45, 7) is 0. The average molecular weight is 400 g/mol. The van der Waals surface area contributed by atoms with Crippen LogP contribution in [0.1, 0.15) is 0 Å². The number of urea groups is 1. The lowest BCUT2D eigenvalue weighted by atomic mass is 10.2. The zero-order valence-electron chi connectivity index (χ0n) is 15.2. The molecule has 1 heterocycles. The maximum Gasteiger partial charge on any atom is 0.324 e. The van der Waals surface area contributed by atoms with Gasteiger partial charge in [-0.25, -0.2) is 14.8 Å². The molecule has 28 heavy (non-hydrogen) atoms. The summed E-state index contributed by atoms with van der Waals surface area (Å²) in [6, 6.07) is 13.8. The van der Waals surface area contributed by atoms with E-state index < -0.39 is 6.03 Å². The van der Waals surface area contributed by atoms with E-state index in [0.717, 1.165) is 5.69 Å². The Labute approximate surface area is 166 Å². The van der Waals surface area contributed by atoms with Crippen LogP contribution in [-0.2, 0) is 0 Å². The van der Waals surface area contributed by atoms with Crippen LogP contribution in [0.5, 0.6) is 11.5 Å². The maximum absolute atomic E-state index is 12.4. The van der Waals surface area contributed by atoms with E-state index in [1.54, 1.807) is 18.2 Å². The largest absolute Gasteiger partial charge is 0.497 e. The third-order valence-electron chi connectivity index (χ3n) is 3.67. The van der Waals surface area contributed by atoms with E-state index in [0.29, 0.717) is 28.8 Å². The van der Waals surface area contributed by atoms with Gasteiger partial charge in [-0.1, -0.05) is 29.8 Å². The number of anilines is 4. The second kappa shape index (κ2) is 8.92. The molecule has 0 radical (unpaired) electrons. The van der Waals surface area contributed by atoms with E-state index in [1.807, 2.05) is 30.3 Å². The van der Waals surface area contributed by atoms with Crippen LogP contribution in [0.4, 0.5) is 27.8 Å². The SMILES string of the molecule is COc1cc(NC(=O)Nc2cc(Nc3ccccc3)ncn2)c(Cl)c(OC)c1. The first kappa shape index (κ1) is 19.2. The quantitative estimate of drug-likeness (QED) is 0.563. The Kier molecular flexibility index (Phi) is 6.13. The molecule has 0 fully saturated rings. The van der Waals surface area contributed by atoms with E-state index in [2.05, 4.69) is 25.9 Å². The number of para-hydroxylation sites is 1. The number of amides is 2. The molecule has 0 aliphatic rings. The Morgan fingerprint density at radius 1 is 0.964 bits per heavy atom. The lowest BCUT2D eigenvalue weighted by Crippen LogP contribution is -2.20. The predicted molar refractivity (Wildman–Crippen MR) is 109 cm³/mol. The van der Waals surface area contributed by atoms with Gasteiger partial charge < -0.3 is 20.1 Å². The molecular formula is C19H18ClN5O3. The molecule has 1 aromatic heterocycles. The molecule has 0 unspecified atom stereocenters. The van der Waals surface area contributed by atoms with Crippen LogP contribution >= 0.6 is 11.6 Å². The van der Waals surface area contributed by atoms with Gasteiger partial charge in [0, 0.05) is 23.9 Å². The van der Waals surface area contributed by atoms with Gasteiger partial charge in [0.25, 0.3) is 0 Å². The topological polar surface area (TPSA) is 97.4 Å². The summed E-state index contributed by atoms with van der Waals surface area (Å²) in [5.41, 5.74) is 1.21. The maximum atomic E-state index is 12.4. The summed E-state index contributed by atoms with van der Waals surface area (Å²) in [7, 11) is 2.99. The number of rotatable bonds is 6. The second-order valence-electron chi connectivity index (χ2n) is 5.55. The lowest BCUT2D eigenvalue weighted by molar-refractivity contribution is 0.262.